The van der Waals surface area contributed by atoms with Gasteiger partial charge in [0.1, 0.15) is 11.8 Å². The zero-order valence-corrected chi connectivity index (χ0v) is 18.7. The van der Waals surface area contributed by atoms with Crippen LogP contribution >= 0.6 is 0 Å². The summed E-state index contributed by atoms with van der Waals surface area (Å²) in [6.07, 6.45) is 0.872. The Labute approximate surface area is 185 Å². The smallest absolute Gasteiger partial charge is 0.414 e. The molecule has 1 atom stereocenters. The highest BCUT2D eigenvalue weighted by Crippen LogP contribution is 2.44. The number of piperidine rings is 1. The van der Waals surface area contributed by atoms with Gasteiger partial charge >= 0.3 is 6.09 Å². The van der Waals surface area contributed by atoms with E-state index in [0.717, 1.165) is 17.0 Å². The summed E-state index contributed by atoms with van der Waals surface area (Å²) in [4.78, 5) is 26.6. The van der Waals surface area contributed by atoms with E-state index >= 15 is 0 Å². The summed E-state index contributed by atoms with van der Waals surface area (Å²) in [6.45, 7) is 2.82. The molecular formula is C21H27F2N3O5S. The molecule has 2 amide bonds. The second-order valence-electron chi connectivity index (χ2n) is 8.95. The van der Waals surface area contributed by atoms with Crippen LogP contribution in [0.3, 0.4) is 0 Å². The topological polar surface area (TPSA) is 96.0 Å². The second kappa shape index (κ2) is 8.49. The van der Waals surface area contributed by atoms with E-state index in [1.54, 1.807) is 4.90 Å². The molecular weight excluding hydrogens is 444 g/mol. The lowest BCUT2D eigenvalue weighted by molar-refractivity contribution is -0.121. The number of anilines is 2. The van der Waals surface area contributed by atoms with Crippen molar-refractivity contribution in [1.29, 1.82) is 0 Å². The van der Waals surface area contributed by atoms with Gasteiger partial charge in [-0.2, -0.15) is 0 Å². The van der Waals surface area contributed by atoms with E-state index < -0.39 is 33.7 Å². The summed E-state index contributed by atoms with van der Waals surface area (Å²) in [5.74, 6) is -1.43. The van der Waals surface area contributed by atoms with Gasteiger partial charge in [0.2, 0.25) is 5.91 Å². The van der Waals surface area contributed by atoms with Crippen LogP contribution in [0.1, 0.15) is 32.6 Å². The SMILES string of the molecule is CCCC(=O)NC[C@H]1CN(c2cc(F)c(N3CCC4(CC3)CS(=O)(=O)C4)c(F)c2)C(=O)O1. The lowest BCUT2D eigenvalue weighted by Crippen LogP contribution is -2.54. The largest absolute Gasteiger partial charge is 0.442 e. The number of nitrogens with zero attached hydrogens (tertiary/aromatic N) is 2. The molecule has 0 unspecified atom stereocenters. The third-order valence-electron chi connectivity index (χ3n) is 6.38. The minimum Gasteiger partial charge on any atom is -0.442 e. The summed E-state index contributed by atoms with van der Waals surface area (Å²) in [7, 11) is -2.96. The highest BCUT2D eigenvalue weighted by molar-refractivity contribution is 7.92. The van der Waals surface area contributed by atoms with Crippen molar-refractivity contribution in [3.8, 4) is 0 Å². The van der Waals surface area contributed by atoms with Crippen LogP contribution in [0.25, 0.3) is 0 Å². The lowest BCUT2D eigenvalue weighted by atomic mass is 9.81. The Morgan fingerprint density at radius 1 is 1.22 bits per heavy atom. The van der Waals surface area contributed by atoms with Crippen molar-refractivity contribution >= 4 is 33.2 Å². The Morgan fingerprint density at radius 2 is 1.84 bits per heavy atom. The van der Waals surface area contributed by atoms with Gasteiger partial charge in [0.15, 0.2) is 21.5 Å². The quantitative estimate of drug-likeness (QED) is 0.684. The molecule has 0 radical (unpaired) electrons. The Hall–Kier alpha value is -2.43. The number of carbonyl (C=O) groups is 2. The average Bonchev–Trinajstić information content (AvgIpc) is 3.07. The van der Waals surface area contributed by atoms with Crippen molar-refractivity contribution in [2.75, 3.05) is 47.5 Å². The minimum absolute atomic E-state index is 0.0506. The average molecular weight is 472 g/mol. The Morgan fingerprint density at radius 3 is 2.41 bits per heavy atom. The van der Waals surface area contributed by atoms with E-state index in [2.05, 4.69) is 5.32 Å². The van der Waals surface area contributed by atoms with Gasteiger partial charge in [-0.1, -0.05) is 6.92 Å². The number of hydrogen-bond donors (Lipinski definition) is 1. The van der Waals surface area contributed by atoms with Gasteiger partial charge in [-0.15, -0.1) is 0 Å². The van der Waals surface area contributed by atoms with Crippen LogP contribution < -0.4 is 15.1 Å². The molecule has 3 saturated heterocycles. The van der Waals surface area contributed by atoms with Crippen molar-refractivity contribution < 1.29 is 31.5 Å². The molecule has 3 fully saturated rings. The Balaban J connectivity index is 1.41. The maximum atomic E-state index is 14.9. The van der Waals surface area contributed by atoms with Crippen molar-refractivity contribution in [1.82, 2.24) is 5.32 Å². The molecule has 11 heteroatoms. The minimum atomic E-state index is -2.96. The molecule has 1 spiro atoms. The number of cyclic esters (lactones) is 1. The van der Waals surface area contributed by atoms with Gasteiger partial charge in [0.05, 0.1) is 30.3 Å². The van der Waals surface area contributed by atoms with Crippen LogP contribution in [0.2, 0.25) is 0 Å². The van der Waals surface area contributed by atoms with E-state index in [9.17, 15) is 26.8 Å². The van der Waals surface area contributed by atoms with Crippen molar-refractivity contribution in [2.45, 2.75) is 38.7 Å². The molecule has 3 heterocycles. The van der Waals surface area contributed by atoms with Crippen LogP contribution in [-0.4, -0.2) is 64.2 Å². The first kappa shape index (κ1) is 22.8. The number of amides is 2. The monoisotopic (exact) mass is 471 g/mol. The van der Waals surface area contributed by atoms with Gasteiger partial charge in [0, 0.05) is 37.1 Å². The number of halogens is 2. The van der Waals surface area contributed by atoms with E-state index in [1.807, 2.05) is 6.92 Å². The number of benzene rings is 1. The van der Waals surface area contributed by atoms with E-state index in [1.165, 1.54) is 0 Å². The number of hydrogen-bond acceptors (Lipinski definition) is 6. The zero-order chi connectivity index (χ0) is 23.1. The molecule has 0 aromatic heterocycles. The third kappa shape index (κ3) is 4.53. The molecule has 0 saturated carbocycles. The number of sulfone groups is 1. The highest BCUT2D eigenvalue weighted by atomic mass is 32.2. The molecule has 0 bridgehead atoms. The van der Waals surface area contributed by atoms with Crippen LogP contribution in [0.4, 0.5) is 25.0 Å². The normalized spacial score (nSPS) is 23.7. The first-order valence-electron chi connectivity index (χ1n) is 10.8. The van der Waals surface area contributed by atoms with Crippen LogP contribution in [0, 0.1) is 17.0 Å². The maximum Gasteiger partial charge on any atom is 0.414 e. The predicted octanol–water partition coefficient (Wildman–Crippen LogP) is 2.22. The fraction of sp³-hybridized carbons (Fsp3) is 0.619. The second-order valence-corrected chi connectivity index (χ2v) is 11.0. The molecule has 1 N–H and O–H groups in total. The summed E-state index contributed by atoms with van der Waals surface area (Å²) in [6, 6.07) is 2.21. The fourth-order valence-corrected chi connectivity index (χ4v) is 7.13. The van der Waals surface area contributed by atoms with Crippen LogP contribution in [0.15, 0.2) is 12.1 Å². The van der Waals surface area contributed by atoms with Gasteiger partial charge in [-0.3, -0.25) is 9.69 Å². The fourth-order valence-electron chi connectivity index (χ4n) is 4.78. The van der Waals surface area contributed by atoms with Crippen LogP contribution in [-0.2, 0) is 19.4 Å². The predicted molar refractivity (Wildman–Crippen MR) is 114 cm³/mol. The molecule has 176 valence electrons. The number of nitrogens with one attached hydrogen (secondary N) is 1. The molecule has 32 heavy (non-hydrogen) atoms. The molecule has 1 aromatic carbocycles. The Bertz CT molecular complexity index is 987. The zero-order valence-electron chi connectivity index (χ0n) is 17.9. The first-order valence-corrected chi connectivity index (χ1v) is 12.6. The first-order chi connectivity index (χ1) is 15.1. The van der Waals surface area contributed by atoms with Crippen molar-refractivity contribution in [3.63, 3.8) is 0 Å². The number of carbonyl (C=O) groups excluding carboxylic acids is 2. The van der Waals surface area contributed by atoms with Crippen LogP contribution in [0.5, 0.6) is 0 Å². The van der Waals surface area contributed by atoms with Gasteiger partial charge in [-0.25, -0.2) is 22.0 Å². The highest BCUT2D eigenvalue weighted by Gasteiger charge is 2.49. The summed E-state index contributed by atoms with van der Waals surface area (Å²) < 4.78 is 58.1. The van der Waals surface area contributed by atoms with E-state index in [0.29, 0.717) is 38.8 Å². The summed E-state index contributed by atoms with van der Waals surface area (Å²) >= 11 is 0. The maximum absolute atomic E-state index is 14.9. The molecule has 4 rings (SSSR count). The third-order valence-corrected chi connectivity index (χ3v) is 8.49. The van der Waals surface area contributed by atoms with Gasteiger partial charge in [0.25, 0.3) is 0 Å². The number of ether oxygens (including phenoxy) is 1. The standard InChI is InChI=1S/C21H27F2N3O5S/c1-2-3-18(27)24-10-15-11-26(20(28)31-15)14-8-16(22)19(17(23)9-14)25-6-4-21(5-7-25)12-32(29,30)13-21/h8-9,15H,2-7,10-13H2,1H3,(H,24,27)/t15-/m0/s1. The van der Waals surface area contributed by atoms with Crippen molar-refractivity contribution in [3.05, 3.63) is 23.8 Å². The molecule has 0 aliphatic carbocycles. The molecule has 1 aromatic rings. The molecule has 3 aliphatic rings. The van der Waals surface area contributed by atoms with E-state index in [-0.39, 0.29) is 47.3 Å². The summed E-state index contributed by atoms with van der Waals surface area (Å²) in [5, 5.41) is 2.68. The van der Waals surface area contributed by atoms with Gasteiger partial charge < -0.3 is 15.0 Å². The van der Waals surface area contributed by atoms with Gasteiger partial charge in [-0.05, 0) is 19.3 Å². The Kier molecular flexibility index (Phi) is 6.04. The number of rotatable bonds is 6. The lowest BCUT2D eigenvalue weighted by Gasteiger charge is -2.47. The molecule has 3 aliphatic heterocycles. The van der Waals surface area contributed by atoms with E-state index in [4.69, 9.17) is 4.74 Å². The van der Waals surface area contributed by atoms with Crippen molar-refractivity contribution in [2.24, 2.45) is 5.41 Å². The molecule has 8 nitrogen and oxygen atoms in total. The summed E-state index contributed by atoms with van der Waals surface area (Å²) in [5.41, 5.74) is -0.375.